The number of imidazole rings is 1. The molecule has 1 saturated heterocycles. The number of hydrogen-bond donors (Lipinski definition) is 3. The maximum atomic E-state index is 13.5. The third-order valence-electron chi connectivity index (χ3n) is 10.9. The number of esters is 2. The zero-order chi connectivity index (χ0) is 46.5. The molecule has 4 N–H and O–H groups in total. The molecule has 0 saturated carbocycles. The van der Waals surface area contributed by atoms with Gasteiger partial charge < -0.3 is 34.4 Å². The third-order valence-corrected chi connectivity index (χ3v) is 10.9. The van der Waals surface area contributed by atoms with Gasteiger partial charge in [0.05, 0.1) is 17.6 Å². The van der Waals surface area contributed by atoms with E-state index in [2.05, 4.69) is 35.6 Å². The number of nitrogens with zero attached hydrogens (tertiary/aromatic N) is 10. The smallest absolute Gasteiger partial charge is 0.362 e. The lowest BCUT2D eigenvalue weighted by molar-refractivity contribution is -0.158. The van der Waals surface area contributed by atoms with Crippen LogP contribution in [0.5, 0.6) is 5.75 Å². The van der Waals surface area contributed by atoms with Crippen LogP contribution in [-0.4, -0.2) is 110 Å². The monoisotopic (exact) mass is 904 g/mol. The first-order chi connectivity index (χ1) is 31.8. The average molecular weight is 905 g/mol. The second kappa shape index (κ2) is 19.7. The van der Waals surface area contributed by atoms with Crippen LogP contribution in [-0.2, 0) is 43.3 Å². The van der Waals surface area contributed by atoms with Gasteiger partial charge in [-0.1, -0.05) is 35.0 Å². The fraction of sp³-hybridized carbons (Fsp3) is 0.386. The highest BCUT2D eigenvalue weighted by molar-refractivity contribution is 5.95. The van der Waals surface area contributed by atoms with Gasteiger partial charge in [-0.05, 0) is 71.0 Å². The molecule has 1 fully saturated rings. The minimum atomic E-state index is -0.940. The van der Waals surface area contributed by atoms with Crippen LogP contribution in [0.15, 0.2) is 74.9 Å². The Morgan fingerprint density at radius 3 is 2.59 bits per heavy atom. The Hall–Kier alpha value is -7.59. The van der Waals surface area contributed by atoms with Gasteiger partial charge in [-0.25, -0.2) is 14.5 Å². The number of unbranched alkanes of at least 4 members (excludes halogenated alkanes) is 2. The predicted octanol–water partition coefficient (Wildman–Crippen LogP) is 3.64. The lowest BCUT2D eigenvalue weighted by Gasteiger charge is -2.19. The number of aromatic hydroxyl groups is 1. The predicted molar refractivity (Wildman–Crippen MR) is 235 cm³/mol. The van der Waals surface area contributed by atoms with Gasteiger partial charge in [0.15, 0.2) is 22.6 Å². The van der Waals surface area contributed by atoms with Crippen molar-refractivity contribution >= 4 is 45.8 Å². The quantitative estimate of drug-likeness (QED) is 0.0452. The minimum absolute atomic E-state index is 0.0295. The molecule has 0 aliphatic carbocycles. The van der Waals surface area contributed by atoms with E-state index in [4.69, 9.17) is 24.4 Å². The Bertz CT molecular complexity index is 3020. The van der Waals surface area contributed by atoms with Crippen LogP contribution in [0.3, 0.4) is 0 Å². The van der Waals surface area contributed by atoms with Crippen molar-refractivity contribution in [2.24, 2.45) is 0 Å². The van der Waals surface area contributed by atoms with E-state index in [0.29, 0.717) is 54.6 Å². The number of carbonyl (C=O) groups excluding carboxylic acids is 3. The molecular formula is C44H48N12O10. The Labute approximate surface area is 375 Å². The summed E-state index contributed by atoms with van der Waals surface area (Å²) in [6.45, 7) is 2.54. The summed E-state index contributed by atoms with van der Waals surface area (Å²) in [5.41, 5.74) is 7.41. The van der Waals surface area contributed by atoms with Crippen LogP contribution in [0.1, 0.15) is 79.8 Å². The lowest BCUT2D eigenvalue weighted by Crippen LogP contribution is -2.32. The van der Waals surface area contributed by atoms with Crippen molar-refractivity contribution in [3.05, 3.63) is 98.6 Å². The molecule has 1 aliphatic rings. The van der Waals surface area contributed by atoms with Crippen LogP contribution < -0.4 is 16.9 Å². The number of nitrogens with one attached hydrogen (secondary N) is 1. The number of aromatic nitrogens is 10. The van der Waals surface area contributed by atoms with Gasteiger partial charge in [-0.2, -0.15) is 4.98 Å². The maximum absolute atomic E-state index is 13.5. The molecule has 66 heavy (non-hydrogen) atoms. The van der Waals surface area contributed by atoms with Gasteiger partial charge in [0, 0.05) is 61.1 Å². The number of H-pyrrole nitrogens is 1. The zero-order valence-electron chi connectivity index (χ0n) is 36.5. The number of hydrogen-bond acceptors (Lipinski definition) is 18. The number of aryl methyl sites for hydroxylation is 2. The summed E-state index contributed by atoms with van der Waals surface area (Å²) in [5.74, 6) is -1.15. The highest BCUT2D eigenvalue weighted by atomic mass is 16.6. The molecule has 2 aromatic carbocycles. The van der Waals surface area contributed by atoms with Crippen molar-refractivity contribution in [2.45, 2.75) is 89.8 Å². The molecule has 22 heteroatoms. The molecule has 3 atom stereocenters. The molecule has 5 aromatic heterocycles. The lowest BCUT2D eigenvalue weighted by atomic mass is 10.1. The van der Waals surface area contributed by atoms with Crippen molar-refractivity contribution < 1.29 is 38.1 Å². The van der Waals surface area contributed by atoms with Gasteiger partial charge in [0.2, 0.25) is 5.95 Å². The number of nitrogen functional groups attached to an aromatic ring is 1. The van der Waals surface area contributed by atoms with E-state index < -0.39 is 41.6 Å². The SMILES string of the molecule is CC(=O)c1cccc(-c2nc3c(=O)[nH]c(N)nc3n2[C@H]2C[C@H](OC(=O)CCCc3cn(-c4cc5ccc(O)cc5oc4=O)nn3)[C@@H](COC(=O)CCCCCn3cc(CN(C)C)nn3)O2)c1. The van der Waals surface area contributed by atoms with E-state index in [-0.39, 0.29) is 71.6 Å². The van der Waals surface area contributed by atoms with E-state index in [1.54, 1.807) is 51.8 Å². The fourth-order valence-corrected chi connectivity index (χ4v) is 7.72. The molecule has 0 amide bonds. The van der Waals surface area contributed by atoms with Crippen LogP contribution in [0.25, 0.3) is 39.2 Å². The summed E-state index contributed by atoms with van der Waals surface area (Å²) in [4.78, 5) is 78.2. The summed E-state index contributed by atoms with van der Waals surface area (Å²) < 4.78 is 28.2. The molecule has 1 aliphatic heterocycles. The number of phenolic OH excluding ortho intramolecular Hbond substituents is 1. The number of aromatic amines is 1. The number of ketones is 1. The second-order valence-corrected chi connectivity index (χ2v) is 16.3. The summed E-state index contributed by atoms with van der Waals surface area (Å²) >= 11 is 0. The van der Waals surface area contributed by atoms with E-state index in [1.165, 1.54) is 23.7 Å². The van der Waals surface area contributed by atoms with Gasteiger partial charge >= 0.3 is 17.6 Å². The number of benzene rings is 2. The van der Waals surface area contributed by atoms with Crippen LogP contribution in [0, 0.1) is 0 Å². The number of fused-ring (bicyclic) bond motifs is 2. The number of nitrogens with two attached hydrogens (primary N) is 1. The average Bonchev–Trinajstić information content (AvgIpc) is 4.09. The maximum Gasteiger partial charge on any atom is 0.362 e. The van der Waals surface area contributed by atoms with Crippen LogP contribution in [0.4, 0.5) is 5.95 Å². The summed E-state index contributed by atoms with van der Waals surface area (Å²) in [7, 11) is 3.92. The van der Waals surface area contributed by atoms with E-state index in [0.717, 1.165) is 18.5 Å². The molecule has 22 nitrogen and oxygen atoms in total. The highest BCUT2D eigenvalue weighted by Gasteiger charge is 2.41. The molecule has 7 aromatic rings. The number of rotatable bonds is 19. The Balaban J connectivity index is 0.946. The van der Waals surface area contributed by atoms with Gasteiger partial charge in [-0.15, -0.1) is 10.2 Å². The Morgan fingerprint density at radius 1 is 0.955 bits per heavy atom. The van der Waals surface area contributed by atoms with Crippen molar-refractivity contribution in [3.8, 4) is 22.8 Å². The van der Waals surface area contributed by atoms with E-state index in [1.807, 2.05) is 25.2 Å². The first kappa shape index (κ1) is 45.0. The van der Waals surface area contributed by atoms with Crippen molar-refractivity contribution in [2.75, 3.05) is 26.4 Å². The van der Waals surface area contributed by atoms with Crippen LogP contribution in [0.2, 0.25) is 0 Å². The summed E-state index contributed by atoms with van der Waals surface area (Å²) in [6, 6.07) is 12.7. The third kappa shape index (κ3) is 10.5. The molecule has 0 radical (unpaired) electrons. The van der Waals surface area contributed by atoms with Gasteiger partial charge in [-0.3, -0.25) is 33.4 Å². The van der Waals surface area contributed by atoms with E-state index in [9.17, 15) is 29.1 Å². The second-order valence-electron chi connectivity index (χ2n) is 16.3. The molecule has 344 valence electrons. The molecule has 0 unspecified atom stereocenters. The largest absolute Gasteiger partial charge is 0.508 e. The van der Waals surface area contributed by atoms with Crippen LogP contribution >= 0.6 is 0 Å². The van der Waals surface area contributed by atoms with Crippen molar-refractivity contribution in [1.82, 2.24) is 54.4 Å². The van der Waals surface area contributed by atoms with Gasteiger partial charge in [0.1, 0.15) is 42.2 Å². The molecule has 8 rings (SSSR count). The summed E-state index contributed by atoms with van der Waals surface area (Å²) in [5, 5.41) is 26.9. The van der Waals surface area contributed by atoms with Gasteiger partial charge in [0.25, 0.3) is 5.56 Å². The fourth-order valence-electron chi connectivity index (χ4n) is 7.72. The zero-order valence-corrected chi connectivity index (χ0v) is 36.5. The Kier molecular flexibility index (Phi) is 13.4. The van der Waals surface area contributed by atoms with E-state index >= 15 is 0 Å². The molecule has 0 bridgehead atoms. The number of anilines is 1. The number of ether oxygens (including phenoxy) is 3. The van der Waals surface area contributed by atoms with Crippen molar-refractivity contribution in [3.63, 3.8) is 0 Å². The molecule has 6 heterocycles. The number of Topliss-reactive ketones (excluding diaryl/α,β-unsaturated/α-hetero) is 1. The normalized spacial score (nSPS) is 16.1. The number of carbonyl (C=O) groups is 3. The topological polar surface area (TPSA) is 284 Å². The highest BCUT2D eigenvalue weighted by Crippen LogP contribution is 2.37. The first-order valence-corrected chi connectivity index (χ1v) is 21.4. The minimum Gasteiger partial charge on any atom is -0.508 e. The summed E-state index contributed by atoms with van der Waals surface area (Å²) in [6.07, 6.45) is 3.58. The number of phenols is 1. The van der Waals surface area contributed by atoms with Crippen molar-refractivity contribution in [1.29, 1.82) is 0 Å². The standard InChI is InChI=1S/C44H48N12O10/c1-25(57)26-9-7-10-28(17-26)40-46-39-41(47-44(45)48-42(39)61)56(40)36-20-34(35(64-36)24-63-37(59)12-5-4-6-16-54-22-30(50-51-54)21-53(2)3)65-38(60)13-8-11-29-23-55(52-49-29)32-18-27-14-15-31(58)19-33(27)66-43(32)62/h7,9-10,14-15,17-19,22-23,34-36,58H,4-6,8,11-13,16,20-21,24H2,1-3H3,(H3,45,47,48,61)/t34-,35+,36+/m0/s1. The Morgan fingerprint density at radius 2 is 1.77 bits per heavy atom. The first-order valence-electron chi connectivity index (χ1n) is 21.4. The molecule has 0 spiro atoms. The molecular weight excluding hydrogens is 857 g/mol.